The van der Waals surface area contributed by atoms with Crippen molar-refractivity contribution in [1.82, 2.24) is 0 Å². The number of hydrogen-bond acceptors (Lipinski definition) is 4. The fourth-order valence-electron chi connectivity index (χ4n) is 0.129. The molecule has 7 N–H and O–H groups in total. The van der Waals surface area contributed by atoms with Crippen molar-refractivity contribution in [3.63, 3.8) is 0 Å². The van der Waals surface area contributed by atoms with Crippen molar-refractivity contribution in [2.45, 2.75) is 13.0 Å². The first-order valence-electron chi connectivity index (χ1n) is 4.01. The molecule has 14 heavy (non-hydrogen) atoms. The van der Waals surface area contributed by atoms with Crippen molar-refractivity contribution < 1.29 is 49.3 Å². The normalized spacial score (nSPS) is 12.6. The van der Waals surface area contributed by atoms with Crippen LogP contribution in [0.5, 0.6) is 0 Å². The Morgan fingerprint density at radius 2 is 1.57 bits per heavy atom. The van der Waals surface area contributed by atoms with E-state index >= 15 is 0 Å². The number of rotatable bonds is 4. The van der Waals surface area contributed by atoms with Crippen LogP contribution in [0.2, 0.25) is 0 Å². The molecule has 0 aliphatic rings. The van der Waals surface area contributed by atoms with E-state index in [0.29, 0.717) is 6.61 Å². The Morgan fingerprint density at radius 3 is 1.57 bits per heavy atom. The van der Waals surface area contributed by atoms with Gasteiger partial charge in [-0.05, 0) is 0 Å². The van der Waals surface area contributed by atoms with Crippen LogP contribution in [0.3, 0.4) is 0 Å². The summed E-state index contributed by atoms with van der Waals surface area (Å²) in [6.45, 7) is 1.90. The molecule has 0 fully saturated rings. The van der Waals surface area contributed by atoms with Crippen LogP contribution in [0.1, 0.15) is 6.92 Å². The second kappa shape index (κ2) is 19.0. The van der Waals surface area contributed by atoms with Gasteiger partial charge in [-0.1, -0.05) is 6.92 Å². The fourth-order valence-corrected chi connectivity index (χ4v) is 0.129. The number of aliphatic hydroxyl groups excluding tert-OH is 3. The minimum absolute atomic E-state index is 0.115. The first-order valence-corrected chi connectivity index (χ1v) is 4.65. The number of hydrogen-bond donors (Lipinski definition) is 3. The quantitative estimate of drug-likeness (QED) is 0.369. The van der Waals surface area contributed by atoms with Crippen LogP contribution in [0, 0.1) is 5.92 Å². The first-order chi connectivity index (χ1) is 6.62. The van der Waals surface area contributed by atoms with E-state index in [1.165, 1.54) is 0 Å². The topological polar surface area (TPSA) is 124 Å². The minimum atomic E-state index is -0.843. The molecule has 0 spiro atoms. The molecule has 0 saturated carbocycles. The van der Waals surface area contributed by atoms with Gasteiger partial charge in [0.25, 0.3) is 0 Å². The van der Waals surface area contributed by atoms with Gasteiger partial charge in [0.15, 0.2) is 6.61 Å². The standard InChI is InChI=1S/C4H10O2.C3H8O3.O.Ti/c1-4(2-5)3-6;4-1-3(6)2-5;;/h4-6H,2-3H2,1H3;3-6H,1-2H2;;/p+2. The molecule has 0 aliphatic heterocycles. The Labute approximate surface area is 94.9 Å². The monoisotopic (exact) mass is 248 g/mol. The van der Waals surface area contributed by atoms with Gasteiger partial charge < -0.3 is 25.5 Å². The zero-order valence-electron chi connectivity index (χ0n) is 8.23. The average Bonchev–Trinajstić information content (AvgIpc) is 2.30. The van der Waals surface area contributed by atoms with Crippen LogP contribution in [0.25, 0.3) is 0 Å². The summed E-state index contributed by atoms with van der Waals surface area (Å²) < 4.78 is 8.25. The van der Waals surface area contributed by atoms with Crippen LogP contribution in [-0.2, 0) is 23.7 Å². The SMILES string of the molecule is CC(CO)C[OH2+].OCC(O)C[OH2+].[O]=[Ti]. The van der Waals surface area contributed by atoms with E-state index in [2.05, 4.69) is 0 Å². The third-order valence-corrected chi connectivity index (χ3v) is 1.11. The van der Waals surface area contributed by atoms with Gasteiger partial charge in [0.05, 0.1) is 13.2 Å². The molecular formula is C7H20O6Ti+2. The molecule has 0 saturated heterocycles. The molecule has 0 heterocycles. The predicted octanol–water partition coefficient (Wildman–Crippen LogP) is -2.72. The second-order valence-electron chi connectivity index (χ2n) is 2.53. The van der Waals surface area contributed by atoms with Gasteiger partial charge in [-0.15, -0.1) is 0 Å². The molecule has 86 valence electrons. The Balaban J connectivity index is -0.000000147. The molecule has 0 radical (unpaired) electrons. The van der Waals surface area contributed by atoms with Crippen LogP contribution in [0.4, 0.5) is 0 Å². The summed E-state index contributed by atoms with van der Waals surface area (Å²) in [7, 11) is 0. The molecule has 6 nitrogen and oxygen atoms in total. The van der Waals surface area contributed by atoms with Gasteiger partial charge in [-0.25, -0.2) is 0 Å². The summed E-state index contributed by atoms with van der Waals surface area (Å²) in [6.07, 6.45) is -0.843. The zero-order valence-corrected chi connectivity index (χ0v) is 9.79. The summed E-state index contributed by atoms with van der Waals surface area (Å²) in [4.78, 5) is 0. The summed E-state index contributed by atoms with van der Waals surface area (Å²) in [6, 6.07) is 0. The Morgan fingerprint density at radius 1 is 1.14 bits per heavy atom. The van der Waals surface area contributed by atoms with E-state index in [1.807, 2.05) is 6.92 Å². The predicted molar refractivity (Wildman–Crippen MR) is 47.0 cm³/mol. The molecule has 0 aromatic carbocycles. The third kappa shape index (κ3) is 22.8. The maximum absolute atomic E-state index is 8.25. The van der Waals surface area contributed by atoms with Crippen molar-refractivity contribution in [1.29, 1.82) is 0 Å². The van der Waals surface area contributed by atoms with E-state index < -0.39 is 6.10 Å². The van der Waals surface area contributed by atoms with Crippen molar-refractivity contribution >= 4 is 0 Å². The molecule has 2 unspecified atom stereocenters. The Hall–Kier alpha value is 0.314. The summed E-state index contributed by atoms with van der Waals surface area (Å²) in [5.41, 5.74) is 0. The van der Waals surface area contributed by atoms with Crippen LogP contribution < -0.4 is 0 Å². The molecule has 7 heteroatoms. The van der Waals surface area contributed by atoms with E-state index in [0.717, 1.165) is 20.4 Å². The van der Waals surface area contributed by atoms with Crippen molar-refractivity contribution in [3.8, 4) is 0 Å². The van der Waals surface area contributed by atoms with E-state index in [1.54, 1.807) is 0 Å². The first kappa shape index (κ1) is 19.8. The molecule has 0 amide bonds. The van der Waals surface area contributed by atoms with Gasteiger partial charge in [0.1, 0.15) is 12.7 Å². The summed E-state index contributed by atoms with van der Waals surface area (Å²) >= 11 is 0.750. The van der Waals surface area contributed by atoms with Gasteiger partial charge in [-0.3, -0.25) is 0 Å². The Kier molecular flexibility index (Phi) is 26.9. The Bertz CT molecular complexity index is 76.2. The zero-order chi connectivity index (χ0) is 12.0. The van der Waals surface area contributed by atoms with E-state index in [-0.39, 0.29) is 25.7 Å². The van der Waals surface area contributed by atoms with Crippen molar-refractivity contribution in [3.05, 3.63) is 0 Å². The van der Waals surface area contributed by atoms with Gasteiger partial charge in [0, 0.05) is 5.92 Å². The summed E-state index contributed by atoms with van der Waals surface area (Å²) in [5.74, 6) is 0.157. The maximum atomic E-state index is 8.25. The molecule has 0 aromatic heterocycles. The molecule has 0 aromatic rings. The van der Waals surface area contributed by atoms with E-state index in [9.17, 15) is 0 Å². The van der Waals surface area contributed by atoms with Crippen LogP contribution in [0.15, 0.2) is 0 Å². The number of aliphatic hydroxyl groups is 3. The van der Waals surface area contributed by atoms with Gasteiger partial charge in [0.2, 0.25) is 0 Å². The second-order valence-corrected chi connectivity index (χ2v) is 2.53. The fraction of sp³-hybridized carbons (Fsp3) is 1.00. The van der Waals surface area contributed by atoms with Gasteiger partial charge in [-0.2, -0.15) is 0 Å². The van der Waals surface area contributed by atoms with Crippen molar-refractivity contribution in [2.24, 2.45) is 5.92 Å². The molecular weight excluding hydrogens is 228 g/mol. The third-order valence-electron chi connectivity index (χ3n) is 1.11. The summed E-state index contributed by atoms with van der Waals surface area (Å²) in [5, 5.41) is 37.5. The average molecular weight is 248 g/mol. The van der Waals surface area contributed by atoms with Crippen LogP contribution >= 0.6 is 0 Å². The molecule has 0 rings (SSSR count). The van der Waals surface area contributed by atoms with Crippen LogP contribution in [-0.4, -0.2) is 58.1 Å². The van der Waals surface area contributed by atoms with Crippen molar-refractivity contribution in [2.75, 3.05) is 26.4 Å². The molecule has 0 bridgehead atoms. The van der Waals surface area contributed by atoms with E-state index in [4.69, 9.17) is 28.9 Å². The van der Waals surface area contributed by atoms with Gasteiger partial charge >= 0.3 is 23.7 Å². The molecule has 2 atom stereocenters. The molecule has 0 aliphatic carbocycles.